The van der Waals surface area contributed by atoms with Crippen molar-refractivity contribution in [3.8, 4) is 17.0 Å². The van der Waals surface area contributed by atoms with Crippen molar-refractivity contribution >= 4 is 51.4 Å². The number of amidine groups is 1. The number of sulfonamides is 1. The largest absolute Gasteiger partial charge is 0.505 e. The molecule has 1 atom stereocenters. The summed E-state index contributed by atoms with van der Waals surface area (Å²) in [6.45, 7) is 2.10. The molecule has 3 heterocycles. The van der Waals surface area contributed by atoms with Gasteiger partial charge in [-0.05, 0) is 55.3 Å². The highest BCUT2D eigenvalue weighted by Gasteiger charge is 2.36. The summed E-state index contributed by atoms with van der Waals surface area (Å²) in [5, 5.41) is 22.5. The molecule has 0 saturated heterocycles. The molecule has 1 saturated carbocycles. The molecule has 3 N–H and O–H groups in total. The molecule has 3 aromatic rings. The first kappa shape index (κ1) is 25.7. The zero-order valence-electron chi connectivity index (χ0n) is 20.2. The summed E-state index contributed by atoms with van der Waals surface area (Å²) in [5.74, 6) is -0.159. The van der Waals surface area contributed by atoms with Crippen molar-refractivity contribution in [3.05, 3.63) is 50.9 Å². The third-order valence-corrected chi connectivity index (χ3v) is 9.55. The molecule has 1 aromatic carbocycles. The second-order valence-electron chi connectivity index (χ2n) is 8.99. The number of benzene rings is 1. The van der Waals surface area contributed by atoms with E-state index in [-0.39, 0.29) is 40.4 Å². The summed E-state index contributed by atoms with van der Waals surface area (Å²) in [6.07, 6.45) is 4.09. The molecule has 5 rings (SSSR count). The average molecular weight is 564 g/mol. The first-order valence-corrected chi connectivity index (χ1v) is 16.1. The van der Waals surface area contributed by atoms with Crippen LogP contribution in [0.2, 0.25) is 0 Å². The van der Waals surface area contributed by atoms with E-state index in [4.69, 9.17) is 4.52 Å². The normalized spacial score (nSPS) is 19.5. The minimum Gasteiger partial charge on any atom is -0.505 e. The first-order chi connectivity index (χ1) is 17.6. The van der Waals surface area contributed by atoms with Crippen LogP contribution >= 0.6 is 18.9 Å². The SMILES string of the molecule is CCOP1(=O)N=C(c2c(O)c(-c3ccsc3)nn(CC3CCC3)c2=O)Nc2ccc(NS(C)(=O)=O)cc21. The van der Waals surface area contributed by atoms with Gasteiger partial charge < -0.3 is 14.9 Å². The van der Waals surface area contributed by atoms with Gasteiger partial charge in [0.15, 0.2) is 11.6 Å². The lowest BCUT2D eigenvalue weighted by molar-refractivity contribution is 0.261. The van der Waals surface area contributed by atoms with E-state index in [1.54, 1.807) is 13.0 Å². The number of rotatable bonds is 8. The van der Waals surface area contributed by atoms with Gasteiger partial charge in [0.25, 0.3) is 5.56 Å². The van der Waals surface area contributed by atoms with Crippen molar-refractivity contribution in [3.63, 3.8) is 0 Å². The summed E-state index contributed by atoms with van der Waals surface area (Å²) >= 11 is 1.43. The molecule has 0 spiro atoms. The van der Waals surface area contributed by atoms with Crippen molar-refractivity contribution in [1.29, 1.82) is 0 Å². The Morgan fingerprint density at radius 1 is 1.32 bits per heavy atom. The van der Waals surface area contributed by atoms with Crippen LogP contribution in [0.1, 0.15) is 31.7 Å². The van der Waals surface area contributed by atoms with E-state index in [0.717, 1.165) is 25.5 Å². The smallest absolute Gasteiger partial charge is 0.348 e. The van der Waals surface area contributed by atoms with Crippen LogP contribution < -0.4 is 20.9 Å². The number of fused-ring (bicyclic) bond motifs is 1. The lowest BCUT2D eigenvalue weighted by atomic mass is 9.85. The van der Waals surface area contributed by atoms with Crippen LogP contribution in [0.25, 0.3) is 11.3 Å². The highest BCUT2D eigenvalue weighted by atomic mass is 32.2. The molecule has 0 radical (unpaired) electrons. The van der Waals surface area contributed by atoms with Gasteiger partial charge in [-0.2, -0.15) is 21.2 Å². The molecule has 1 aliphatic carbocycles. The number of nitrogens with one attached hydrogen (secondary N) is 2. The van der Waals surface area contributed by atoms with Gasteiger partial charge in [0.1, 0.15) is 11.3 Å². The summed E-state index contributed by atoms with van der Waals surface area (Å²) < 4.78 is 51.0. The Balaban J connectivity index is 1.67. The minimum atomic E-state index is -3.96. The molecular formula is C23H26N5O6PS2. The molecule has 11 nitrogen and oxygen atoms in total. The Morgan fingerprint density at radius 2 is 2.11 bits per heavy atom. The maximum atomic E-state index is 14.0. The average Bonchev–Trinajstić information content (AvgIpc) is 3.32. The number of aromatic hydroxyl groups is 1. The number of hydrogen-bond donors (Lipinski definition) is 3. The number of anilines is 2. The number of thiophene rings is 1. The molecule has 1 unspecified atom stereocenters. The highest BCUT2D eigenvalue weighted by molar-refractivity contribution is 7.92. The van der Waals surface area contributed by atoms with Crippen molar-refractivity contribution < 1.29 is 22.6 Å². The molecule has 14 heteroatoms. The van der Waals surface area contributed by atoms with Crippen LogP contribution in [-0.4, -0.2) is 42.0 Å². The van der Waals surface area contributed by atoms with Crippen LogP contribution in [0, 0.1) is 5.92 Å². The Hall–Kier alpha value is -2.99. The fourth-order valence-corrected chi connectivity index (χ4v) is 7.29. The zero-order valence-corrected chi connectivity index (χ0v) is 22.7. The fourth-order valence-electron chi connectivity index (χ4n) is 4.29. The van der Waals surface area contributed by atoms with Gasteiger partial charge in [-0.3, -0.25) is 14.1 Å². The van der Waals surface area contributed by atoms with Crippen molar-refractivity contribution in [1.82, 2.24) is 9.78 Å². The fraction of sp³-hybridized carbons (Fsp3) is 0.348. The van der Waals surface area contributed by atoms with Crippen molar-refractivity contribution in [2.45, 2.75) is 32.7 Å². The third kappa shape index (κ3) is 5.08. The van der Waals surface area contributed by atoms with Crippen molar-refractivity contribution in [2.75, 3.05) is 22.9 Å². The highest BCUT2D eigenvalue weighted by Crippen LogP contribution is 2.52. The summed E-state index contributed by atoms with van der Waals surface area (Å²) in [6, 6.07) is 6.19. The van der Waals surface area contributed by atoms with Crippen LogP contribution in [0.3, 0.4) is 0 Å². The lowest BCUT2D eigenvalue weighted by Crippen LogP contribution is -2.36. The number of aromatic nitrogens is 2. The Bertz CT molecular complexity index is 1600. The van der Waals surface area contributed by atoms with E-state index >= 15 is 0 Å². The van der Waals surface area contributed by atoms with E-state index in [9.17, 15) is 22.9 Å². The quantitative estimate of drug-likeness (QED) is 0.352. The van der Waals surface area contributed by atoms with Crippen LogP contribution in [0.4, 0.5) is 11.4 Å². The molecule has 1 aliphatic heterocycles. The van der Waals surface area contributed by atoms with Gasteiger partial charge in [0.2, 0.25) is 10.0 Å². The van der Waals surface area contributed by atoms with Crippen molar-refractivity contribution in [2.24, 2.45) is 10.7 Å². The second kappa shape index (κ2) is 9.71. The first-order valence-electron chi connectivity index (χ1n) is 11.7. The predicted octanol–water partition coefficient (Wildman–Crippen LogP) is 3.58. The van der Waals surface area contributed by atoms with Gasteiger partial charge >= 0.3 is 7.52 Å². The molecule has 1 fully saturated rings. The van der Waals surface area contributed by atoms with Gasteiger partial charge in [0.05, 0.1) is 23.9 Å². The zero-order chi connectivity index (χ0) is 26.4. The summed E-state index contributed by atoms with van der Waals surface area (Å²) in [7, 11) is -7.53. The van der Waals surface area contributed by atoms with Crippen LogP contribution in [-0.2, 0) is 25.7 Å². The molecule has 0 amide bonds. The minimum absolute atomic E-state index is 0.0472. The maximum absolute atomic E-state index is 14.0. The molecule has 2 aromatic heterocycles. The summed E-state index contributed by atoms with van der Waals surface area (Å²) in [4.78, 5) is 13.6. The lowest BCUT2D eigenvalue weighted by Gasteiger charge is -2.27. The van der Waals surface area contributed by atoms with E-state index in [1.807, 2.05) is 10.8 Å². The molecular weight excluding hydrogens is 537 g/mol. The third-order valence-electron chi connectivity index (χ3n) is 6.21. The van der Waals surface area contributed by atoms with Gasteiger partial charge in [-0.15, -0.1) is 0 Å². The molecule has 196 valence electrons. The van der Waals surface area contributed by atoms with E-state index in [0.29, 0.717) is 23.7 Å². The number of hydrogen-bond acceptors (Lipinski definition) is 9. The molecule has 0 bridgehead atoms. The molecule has 37 heavy (non-hydrogen) atoms. The molecule has 2 aliphatic rings. The van der Waals surface area contributed by atoms with E-state index in [2.05, 4.69) is 19.9 Å². The Labute approximate surface area is 217 Å². The Morgan fingerprint density at radius 3 is 2.73 bits per heavy atom. The van der Waals surface area contributed by atoms with Gasteiger partial charge in [-0.1, -0.05) is 6.42 Å². The monoisotopic (exact) mass is 563 g/mol. The van der Waals surface area contributed by atoms with E-state index in [1.165, 1.54) is 34.2 Å². The predicted molar refractivity (Wildman–Crippen MR) is 145 cm³/mol. The van der Waals surface area contributed by atoms with E-state index < -0.39 is 23.1 Å². The maximum Gasteiger partial charge on any atom is 0.348 e. The second-order valence-corrected chi connectivity index (χ2v) is 13.5. The van der Waals surface area contributed by atoms with Gasteiger partial charge in [0, 0.05) is 23.2 Å². The van der Waals surface area contributed by atoms with Gasteiger partial charge in [-0.25, -0.2) is 13.1 Å². The Kier molecular flexibility index (Phi) is 6.73. The van der Waals surface area contributed by atoms with Crippen LogP contribution in [0.5, 0.6) is 5.75 Å². The topological polar surface area (TPSA) is 152 Å². The summed E-state index contributed by atoms with van der Waals surface area (Å²) in [5.41, 5.74) is 0.669. The standard InChI is InChI=1S/C23H26N5O6PS2/c1-3-34-35(31)18-11-16(27-37(2,32)33)7-8-17(18)24-22(26-35)19-21(29)20(15-9-10-36-13-15)25-28(23(19)30)12-14-5-4-6-14/h7-11,13-14,27,29H,3-6,12H2,1-2H3,(H,24,26,31). The van der Waals surface area contributed by atoms with Crippen LogP contribution in [0.15, 0.2) is 44.6 Å². The number of nitrogens with zero attached hydrogens (tertiary/aromatic N) is 3.